The maximum absolute atomic E-state index is 13.0. The van der Waals surface area contributed by atoms with E-state index in [1.165, 1.54) is 0 Å². The van der Waals surface area contributed by atoms with Crippen LogP contribution >= 0.6 is 11.3 Å². The Kier molecular flexibility index (Phi) is 4.87. The zero-order chi connectivity index (χ0) is 18.0. The number of ether oxygens (including phenoxy) is 2. The molecule has 0 unspecified atom stereocenters. The largest absolute Gasteiger partial charge is 0.486 e. The summed E-state index contributed by atoms with van der Waals surface area (Å²) in [6.45, 7) is 1.23. The molecule has 5 nitrogen and oxygen atoms in total. The average Bonchev–Trinajstić information content (AvgIpc) is 3.37. The lowest BCUT2D eigenvalue weighted by Crippen LogP contribution is -2.43. The summed E-state index contributed by atoms with van der Waals surface area (Å²) in [7, 11) is 0. The first-order chi connectivity index (χ1) is 12.7. The van der Waals surface area contributed by atoms with Gasteiger partial charge in [-0.2, -0.15) is 0 Å². The normalized spacial score (nSPS) is 19.1. The number of carbonyl (C=O) groups is 1. The number of rotatable bonds is 5. The fraction of sp³-hybridized carbons (Fsp3) is 0.450. The van der Waals surface area contributed by atoms with E-state index >= 15 is 0 Å². The molecule has 1 aromatic heterocycles. The molecular weight excluding hydrogens is 350 g/mol. The van der Waals surface area contributed by atoms with Crippen molar-refractivity contribution in [2.24, 2.45) is 0 Å². The predicted octanol–water partition coefficient (Wildman–Crippen LogP) is 3.18. The second-order valence-corrected chi connectivity index (χ2v) is 7.84. The maximum Gasteiger partial charge on any atom is 0.231 e. The van der Waals surface area contributed by atoms with Gasteiger partial charge < -0.3 is 19.9 Å². The second kappa shape index (κ2) is 7.29. The van der Waals surface area contributed by atoms with Gasteiger partial charge in [-0.25, -0.2) is 0 Å². The molecule has 1 atom stereocenters. The minimum atomic E-state index is -0.781. The Balaban J connectivity index is 1.44. The van der Waals surface area contributed by atoms with Crippen LogP contribution in [0.25, 0.3) is 0 Å². The number of carbonyl (C=O) groups excluding carboxylic acids is 1. The molecule has 6 heteroatoms. The minimum Gasteiger partial charge on any atom is -0.486 e. The zero-order valence-corrected chi connectivity index (χ0v) is 15.4. The van der Waals surface area contributed by atoms with Gasteiger partial charge in [-0.05, 0) is 42.0 Å². The molecule has 1 aliphatic heterocycles. The first-order valence-electron chi connectivity index (χ1n) is 9.09. The number of aliphatic hydroxyl groups excluding tert-OH is 1. The number of benzene rings is 1. The highest BCUT2D eigenvalue weighted by Crippen LogP contribution is 2.43. The third kappa shape index (κ3) is 3.19. The van der Waals surface area contributed by atoms with Crippen LogP contribution in [0, 0.1) is 0 Å². The van der Waals surface area contributed by atoms with Crippen LogP contribution in [0.5, 0.6) is 11.5 Å². The Morgan fingerprint density at radius 1 is 1.19 bits per heavy atom. The standard InChI is InChI=1S/C20H23NO4S/c22-15(14-5-6-16-17(12-14)25-10-9-24-16)13-21-19(23)20(7-1-2-8-20)18-4-3-11-26-18/h3-6,11-12,15,22H,1-2,7-10,13H2,(H,21,23)/t15-/m0/s1. The fourth-order valence-electron chi connectivity index (χ4n) is 3.86. The highest BCUT2D eigenvalue weighted by molar-refractivity contribution is 7.10. The van der Waals surface area contributed by atoms with Crippen molar-refractivity contribution in [3.63, 3.8) is 0 Å². The quantitative estimate of drug-likeness (QED) is 0.845. The van der Waals surface area contributed by atoms with Crippen LogP contribution in [0.2, 0.25) is 0 Å². The molecule has 2 aliphatic rings. The van der Waals surface area contributed by atoms with Gasteiger partial charge in [0.25, 0.3) is 0 Å². The summed E-state index contributed by atoms with van der Waals surface area (Å²) < 4.78 is 11.1. The summed E-state index contributed by atoms with van der Waals surface area (Å²) >= 11 is 1.64. The molecule has 0 saturated heterocycles. The Bertz CT molecular complexity index is 768. The van der Waals surface area contributed by atoms with Gasteiger partial charge in [0, 0.05) is 11.4 Å². The molecule has 2 N–H and O–H groups in total. The van der Waals surface area contributed by atoms with Crippen molar-refractivity contribution < 1.29 is 19.4 Å². The van der Waals surface area contributed by atoms with E-state index in [2.05, 4.69) is 5.32 Å². The summed E-state index contributed by atoms with van der Waals surface area (Å²) in [6.07, 6.45) is 3.10. The third-order valence-electron chi connectivity index (χ3n) is 5.29. The van der Waals surface area contributed by atoms with Crippen molar-refractivity contribution in [2.45, 2.75) is 37.2 Å². The van der Waals surface area contributed by atoms with Gasteiger partial charge in [-0.15, -0.1) is 11.3 Å². The van der Waals surface area contributed by atoms with Gasteiger partial charge in [0.1, 0.15) is 13.2 Å². The van der Waals surface area contributed by atoms with E-state index < -0.39 is 11.5 Å². The van der Waals surface area contributed by atoms with Gasteiger partial charge in [0.15, 0.2) is 11.5 Å². The topological polar surface area (TPSA) is 67.8 Å². The van der Waals surface area contributed by atoms with Crippen LogP contribution < -0.4 is 14.8 Å². The van der Waals surface area contributed by atoms with E-state index in [0.717, 1.165) is 30.6 Å². The Morgan fingerprint density at radius 3 is 2.69 bits per heavy atom. The van der Waals surface area contributed by atoms with Crippen molar-refractivity contribution in [1.82, 2.24) is 5.32 Å². The van der Waals surface area contributed by atoms with E-state index in [1.54, 1.807) is 23.5 Å². The average molecular weight is 373 g/mol. The summed E-state index contributed by atoms with van der Waals surface area (Å²) in [6, 6.07) is 9.45. The number of aliphatic hydroxyl groups is 1. The molecule has 26 heavy (non-hydrogen) atoms. The van der Waals surface area contributed by atoms with E-state index in [1.807, 2.05) is 23.6 Å². The lowest BCUT2D eigenvalue weighted by molar-refractivity contribution is -0.127. The molecule has 0 bridgehead atoms. The van der Waals surface area contributed by atoms with E-state index in [4.69, 9.17) is 9.47 Å². The lowest BCUT2D eigenvalue weighted by Gasteiger charge is -2.27. The van der Waals surface area contributed by atoms with Crippen LogP contribution in [-0.2, 0) is 10.2 Å². The number of hydrogen-bond donors (Lipinski definition) is 2. The maximum atomic E-state index is 13.0. The number of nitrogens with one attached hydrogen (secondary N) is 1. The van der Waals surface area contributed by atoms with Gasteiger partial charge in [-0.3, -0.25) is 4.79 Å². The molecule has 0 radical (unpaired) electrons. The highest BCUT2D eigenvalue weighted by atomic mass is 32.1. The summed E-state index contributed by atoms with van der Waals surface area (Å²) in [5.41, 5.74) is 0.284. The van der Waals surface area contributed by atoms with Crippen LogP contribution in [0.15, 0.2) is 35.7 Å². The monoisotopic (exact) mass is 373 g/mol. The van der Waals surface area contributed by atoms with Crippen molar-refractivity contribution in [2.75, 3.05) is 19.8 Å². The van der Waals surface area contributed by atoms with Crippen LogP contribution in [0.4, 0.5) is 0 Å². The molecule has 1 fully saturated rings. The SMILES string of the molecule is O=C(NC[C@H](O)c1ccc2c(c1)OCCO2)C1(c2cccs2)CCCC1. The van der Waals surface area contributed by atoms with Crippen molar-refractivity contribution >= 4 is 17.2 Å². The Hall–Kier alpha value is -2.05. The lowest BCUT2D eigenvalue weighted by atomic mass is 9.83. The number of fused-ring (bicyclic) bond motifs is 1. The van der Waals surface area contributed by atoms with Crippen LogP contribution in [-0.4, -0.2) is 30.8 Å². The minimum absolute atomic E-state index is 0.0223. The molecule has 1 saturated carbocycles. The molecule has 0 spiro atoms. The Labute approximate surface area is 156 Å². The predicted molar refractivity (Wildman–Crippen MR) is 99.9 cm³/mol. The first-order valence-corrected chi connectivity index (χ1v) is 9.97. The van der Waals surface area contributed by atoms with Crippen molar-refractivity contribution in [3.05, 3.63) is 46.2 Å². The molecule has 2 heterocycles. The van der Waals surface area contributed by atoms with E-state index in [-0.39, 0.29) is 12.5 Å². The molecule has 4 rings (SSSR count). The number of amides is 1. The van der Waals surface area contributed by atoms with E-state index in [0.29, 0.717) is 30.3 Å². The third-order valence-corrected chi connectivity index (χ3v) is 6.37. The fourth-order valence-corrected chi connectivity index (χ4v) is 4.84. The second-order valence-electron chi connectivity index (χ2n) is 6.90. The first kappa shape index (κ1) is 17.4. The smallest absolute Gasteiger partial charge is 0.231 e. The highest BCUT2D eigenvalue weighted by Gasteiger charge is 2.43. The summed E-state index contributed by atoms with van der Waals surface area (Å²) in [5.74, 6) is 1.36. The molecule has 1 aromatic carbocycles. The molecule has 1 amide bonds. The van der Waals surface area contributed by atoms with Crippen molar-refractivity contribution in [1.29, 1.82) is 0 Å². The van der Waals surface area contributed by atoms with Crippen molar-refractivity contribution in [3.8, 4) is 11.5 Å². The molecule has 1 aliphatic carbocycles. The van der Waals surface area contributed by atoms with Gasteiger partial charge in [-0.1, -0.05) is 25.0 Å². The van der Waals surface area contributed by atoms with Crippen LogP contribution in [0.3, 0.4) is 0 Å². The van der Waals surface area contributed by atoms with E-state index in [9.17, 15) is 9.90 Å². The molecule has 2 aromatic rings. The molecular formula is C20H23NO4S. The number of hydrogen-bond acceptors (Lipinski definition) is 5. The zero-order valence-electron chi connectivity index (χ0n) is 14.6. The van der Waals surface area contributed by atoms with Crippen LogP contribution in [0.1, 0.15) is 42.2 Å². The number of thiophene rings is 1. The van der Waals surface area contributed by atoms with Gasteiger partial charge >= 0.3 is 0 Å². The van der Waals surface area contributed by atoms with Gasteiger partial charge in [0.2, 0.25) is 5.91 Å². The Morgan fingerprint density at radius 2 is 1.96 bits per heavy atom. The van der Waals surface area contributed by atoms with Gasteiger partial charge in [0.05, 0.1) is 11.5 Å². The summed E-state index contributed by atoms with van der Waals surface area (Å²) in [4.78, 5) is 14.1. The molecule has 138 valence electrons. The summed E-state index contributed by atoms with van der Waals surface area (Å²) in [5, 5.41) is 15.5.